The van der Waals surface area contributed by atoms with E-state index in [1.807, 2.05) is 18.2 Å². The molecule has 0 saturated carbocycles. The van der Waals surface area contributed by atoms with Crippen LogP contribution in [-0.2, 0) is 4.79 Å². The highest BCUT2D eigenvalue weighted by molar-refractivity contribution is 6.32. The molecule has 1 saturated heterocycles. The molecule has 1 heterocycles. The molecule has 8 heteroatoms. The molecule has 1 aliphatic rings. The molecule has 0 spiro atoms. The van der Waals surface area contributed by atoms with Crippen molar-refractivity contribution in [2.45, 2.75) is 25.4 Å². The van der Waals surface area contributed by atoms with Crippen molar-refractivity contribution in [1.82, 2.24) is 10.2 Å². The fourth-order valence-corrected chi connectivity index (χ4v) is 3.87. The Hall–Kier alpha value is -2.77. The van der Waals surface area contributed by atoms with Gasteiger partial charge >= 0.3 is 0 Å². The first-order chi connectivity index (χ1) is 14.4. The van der Waals surface area contributed by atoms with Gasteiger partial charge in [-0.3, -0.25) is 14.5 Å². The van der Waals surface area contributed by atoms with Crippen LogP contribution in [0, 0.1) is 0 Å². The van der Waals surface area contributed by atoms with Gasteiger partial charge < -0.3 is 20.5 Å². The lowest BCUT2D eigenvalue weighted by molar-refractivity contribution is -0.119. The van der Waals surface area contributed by atoms with E-state index in [9.17, 15) is 9.59 Å². The molecule has 2 aromatic rings. The number of methoxy groups -OCH3 is 1. The number of amides is 2. The quantitative estimate of drug-likeness (QED) is 0.670. The van der Waals surface area contributed by atoms with Crippen LogP contribution in [0.1, 0.15) is 35.3 Å². The summed E-state index contributed by atoms with van der Waals surface area (Å²) < 4.78 is 10.6. The Kier molecular flexibility index (Phi) is 7.18. The zero-order valence-electron chi connectivity index (χ0n) is 17.1. The van der Waals surface area contributed by atoms with E-state index in [0.29, 0.717) is 5.56 Å². The molecule has 0 bridgehead atoms. The highest BCUT2D eigenvalue weighted by Crippen LogP contribution is 2.36. The number of carbonyl (C=O) groups excluding carboxylic acids is 2. The summed E-state index contributed by atoms with van der Waals surface area (Å²) >= 11 is 6.24. The number of ether oxygens (including phenoxy) is 2. The molecular formula is C22H26ClN3O4. The number of carbonyl (C=O) groups is 2. The number of likely N-dealkylation sites (tertiary alicyclic amines) is 1. The average molecular weight is 432 g/mol. The smallest absolute Gasteiger partial charge is 0.255 e. The second kappa shape index (κ2) is 9.82. The second-order valence-corrected chi connectivity index (χ2v) is 7.69. The largest absolute Gasteiger partial charge is 0.493 e. The molecule has 3 rings (SSSR count). The van der Waals surface area contributed by atoms with E-state index >= 15 is 0 Å². The maximum absolute atomic E-state index is 12.8. The van der Waals surface area contributed by atoms with E-state index in [1.54, 1.807) is 0 Å². The zero-order valence-corrected chi connectivity index (χ0v) is 17.8. The lowest BCUT2D eigenvalue weighted by Crippen LogP contribution is -2.37. The number of rotatable bonds is 8. The van der Waals surface area contributed by atoms with Crippen molar-refractivity contribution in [1.29, 1.82) is 0 Å². The normalized spacial score (nSPS) is 17.4. The highest BCUT2D eigenvalue weighted by Gasteiger charge is 2.28. The number of primary amides is 1. The summed E-state index contributed by atoms with van der Waals surface area (Å²) in [7, 11) is 1.43. The van der Waals surface area contributed by atoms with E-state index in [0.717, 1.165) is 19.5 Å². The SMILES string of the molecule is COc1cc(C(=O)NC2CCN(C(C)c3ccccc3)C2)cc(Cl)c1OCC(N)=O. The van der Waals surface area contributed by atoms with Gasteiger partial charge in [-0.05, 0) is 31.0 Å². The summed E-state index contributed by atoms with van der Waals surface area (Å²) in [4.78, 5) is 26.1. The molecule has 2 aromatic carbocycles. The summed E-state index contributed by atoms with van der Waals surface area (Å²) in [6.07, 6.45) is 0.869. The first kappa shape index (κ1) is 21.9. The van der Waals surface area contributed by atoms with Crippen molar-refractivity contribution in [3.05, 3.63) is 58.6 Å². The summed E-state index contributed by atoms with van der Waals surface area (Å²) in [6.45, 7) is 3.52. The number of benzene rings is 2. The van der Waals surface area contributed by atoms with Gasteiger partial charge in [0.1, 0.15) is 0 Å². The van der Waals surface area contributed by atoms with Crippen molar-refractivity contribution in [3.8, 4) is 11.5 Å². The Morgan fingerprint density at radius 1 is 1.30 bits per heavy atom. The third-order valence-corrected chi connectivity index (χ3v) is 5.52. The number of halogens is 1. The van der Waals surface area contributed by atoms with Crippen molar-refractivity contribution in [2.24, 2.45) is 5.73 Å². The van der Waals surface area contributed by atoms with Gasteiger partial charge in [0, 0.05) is 30.7 Å². The van der Waals surface area contributed by atoms with Crippen molar-refractivity contribution in [2.75, 3.05) is 26.8 Å². The van der Waals surface area contributed by atoms with Crippen LogP contribution in [0.3, 0.4) is 0 Å². The molecule has 0 aliphatic carbocycles. The molecular weight excluding hydrogens is 406 g/mol. The molecule has 1 fully saturated rings. The van der Waals surface area contributed by atoms with E-state index in [-0.39, 0.29) is 41.1 Å². The van der Waals surface area contributed by atoms with E-state index < -0.39 is 5.91 Å². The molecule has 1 aliphatic heterocycles. The van der Waals surface area contributed by atoms with Crippen LogP contribution < -0.4 is 20.5 Å². The monoisotopic (exact) mass is 431 g/mol. The Bertz CT molecular complexity index is 907. The van der Waals surface area contributed by atoms with Crippen LogP contribution in [0.2, 0.25) is 5.02 Å². The van der Waals surface area contributed by atoms with Gasteiger partial charge in [0.2, 0.25) is 0 Å². The van der Waals surface area contributed by atoms with Gasteiger partial charge in [0.25, 0.3) is 11.8 Å². The summed E-state index contributed by atoms with van der Waals surface area (Å²) in [5, 5.41) is 3.24. The van der Waals surface area contributed by atoms with Crippen LogP contribution in [0.4, 0.5) is 0 Å². The fourth-order valence-electron chi connectivity index (χ4n) is 3.60. The van der Waals surface area contributed by atoms with Crippen molar-refractivity contribution >= 4 is 23.4 Å². The standard InChI is InChI=1S/C22H26ClN3O4/c1-14(15-6-4-3-5-7-15)26-9-8-17(12-26)25-22(28)16-10-18(23)21(19(11-16)29-2)30-13-20(24)27/h3-7,10-11,14,17H,8-9,12-13H2,1-2H3,(H2,24,27)(H,25,28). The molecule has 2 unspecified atom stereocenters. The molecule has 30 heavy (non-hydrogen) atoms. The minimum absolute atomic E-state index is 0.0409. The fraction of sp³-hybridized carbons (Fsp3) is 0.364. The van der Waals surface area contributed by atoms with Crippen LogP contribution in [0.5, 0.6) is 11.5 Å². The number of hydrogen-bond donors (Lipinski definition) is 2. The second-order valence-electron chi connectivity index (χ2n) is 7.29. The predicted molar refractivity (Wildman–Crippen MR) is 115 cm³/mol. The Morgan fingerprint density at radius 2 is 2.03 bits per heavy atom. The van der Waals surface area contributed by atoms with Crippen LogP contribution >= 0.6 is 11.6 Å². The molecule has 7 nitrogen and oxygen atoms in total. The maximum Gasteiger partial charge on any atom is 0.255 e. The van der Waals surface area contributed by atoms with Crippen LogP contribution in [0.15, 0.2) is 42.5 Å². The number of nitrogens with one attached hydrogen (secondary N) is 1. The Morgan fingerprint density at radius 3 is 2.70 bits per heavy atom. The third-order valence-electron chi connectivity index (χ3n) is 5.23. The van der Waals surface area contributed by atoms with E-state index in [2.05, 4.69) is 29.3 Å². The predicted octanol–water partition coefficient (Wildman–Crippen LogP) is 2.78. The van der Waals surface area contributed by atoms with Gasteiger partial charge in [-0.25, -0.2) is 0 Å². The minimum Gasteiger partial charge on any atom is -0.493 e. The Balaban J connectivity index is 1.65. The highest BCUT2D eigenvalue weighted by atomic mass is 35.5. The summed E-state index contributed by atoms with van der Waals surface area (Å²) in [5.74, 6) is -0.431. The van der Waals surface area contributed by atoms with Crippen molar-refractivity contribution < 1.29 is 19.1 Å². The van der Waals surface area contributed by atoms with E-state index in [1.165, 1.54) is 24.8 Å². The number of nitrogens with two attached hydrogens (primary N) is 1. The number of hydrogen-bond acceptors (Lipinski definition) is 5. The Labute approximate surface area is 181 Å². The summed E-state index contributed by atoms with van der Waals surface area (Å²) in [5.41, 5.74) is 6.72. The van der Waals surface area contributed by atoms with Gasteiger partial charge in [-0.2, -0.15) is 0 Å². The average Bonchev–Trinajstić information content (AvgIpc) is 3.20. The topological polar surface area (TPSA) is 93.9 Å². The summed E-state index contributed by atoms with van der Waals surface area (Å²) in [6, 6.07) is 13.7. The first-order valence-corrected chi connectivity index (χ1v) is 10.1. The number of nitrogens with zero attached hydrogens (tertiary/aromatic N) is 1. The lowest BCUT2D eigenvalue weighted by Gasteiger charge is -2.24. The van der Waals surface area contributed by atoms with E-state index in [4.69, 9.17) is 26.8 Å². The van der Waals surface area contributed by atoms with Gasteiger partial charge in [0.15, 0.2) is 18.1 Å². The minimum atomic E-state index is -0.634. The zero-order chi connectivity index (χ0) is 21.7. The molecule has 2 amide bonds. The lowest BCUT2D eigenvalue weighted by atomic mass is 10.1. The van der Waals surface area contributed by atoms with Crippen LogP contribution in [0.25, 0.3) is 0 Å². The first-order valence-electron chi connectivity index (χ1n) is 9.77. The molecule has 160 valence electrons. The van der Waals surface area contributed by atoms with Gasteiger partial charge in [-0.15, -0.1) is 0 Å². The van der Waals surface area contributed by atoms with Crippen molar-refractivity contribution in [3.63, 3.8) is 0 Å². The molecule has 0 aromatic heterocycles. The molecule has 3 N–H and O–H groups in total. The van der Waals surface area contributed by atoms with Gasteiger partial charge in [0.05, 0.1) is 12.1 Å². The van der Waals surface area contributed by atoms with Gasteiger partial charge in [-0.1, -0.05) is 41.9 Å². The van der Waals surface area contributed by atoms with Crippen LogP contribution in [-0.4, -0.2) is 49.6 Å². The third kappa shape index (κ3) is 5.23. The maximum atomic E-state index is 12.8. The molecule has 0 radical (unpaired) electrons. The molecule has 2 atom stereocenters.